The van der Waals surface area contributed by atoms with E-state index in [0.29, 0.717) is 13.6 Å². The van der Waals surface area contributed by atoms with E-state index in [1.807, 2.05) is 0 Å². The second-order valence-corrected chi connectivity index (χ2v) is 3.18. The van der Waals surface area contributed by atoms with Gasteiger partial charge in [-0.1, -0.05) is 6.42 Å². The number of hydrogen-bond donors (Lipinski definition) is 0. The Hall–Kier alpha value is -0.160. The molecule has 0 N–H and O–H groups in total. The van der Waals surface area contributed by atoms with Crippen LogP contribution in [-0.4, -0.2) is 38.0 Å². The summed E-state index contributed by atoms with van der Waals surface area (Å²) in [6, 6.07) is 0. The lowest BCUT2D eigenvalue weighted by Crippen LogP contribution is -2.45. The maximum Gasteiger partial charge on any atom is 0.222 e. The topological polar surface area (TPSA) is 30.9 Å². The molecular formula is C8H15NO3. The number of rotatable bonds is 1. The van der Waals surface area contributed by atoms with Crippen LogP contribution >= 0.6 is 0 Å². The van der Waals surface area contributed by atoms with Crippen LogP contribution in [0.25, 0.3) is 0 Å². The molecule has 2 saturated heterocycles. The highest BCUT2D eigenvalue weighted by molar-refractivity contribution is 4.63. The van der Waals surface area contributed by atoms with Crippen LogP contribution in [0.5, 0.6) is 0 Å². The summed E-state index contributed by atoms with van der Waals surface area (Å²) in [4.78, 5) is 2.23. The van der Waals surface area contributed by atoms with Gasteiger partial charge in [0.05, 0.1) is 0 Å². The summed E-state index contributed by atoms with van der Waals surface area (Å²) in [5.41, 5.74) is 0. The summed E-state index contributed by atoms with van der Waals surface area (Å²) in [6.45, 7) is 2.90. The first-order valence-corrected chi connectivity index (χ1v) is 4.52. The Morgan fingerprint density at radius 2 is 1.58 bits per heavy atom. The Bertz CT molecular complexity index is 114. The van der Waals surface area contributed by atoms with Crippen LogP contribution in [-0.2, 0) is 14.2 Å². The summed E-state index contributed by atoms with van der Waals surface area (Å²) in [7, 11) is 0. The van der Waals surface area contributed by atoms with Gasteiger partial charge < -0.3 is 14.2 Å². The molecular weight excluding hydrogens is 158 g/mol. The molecule has 2 heterocycles. The zero-order chi connectivity index (χ0) is 8.23. The van der Waals surface area contributed by atoms with Crippen LogP contribution in [0.15, 0.2) is 0 Å². The fraction of sp³-hybridized carbons (Fsp3) is 1.00. The Morgan fingerprint density at radius 1 is 0.917 bits per heavy atom. The Labute approximate surface area is 72.4 Å². The number of ether oxygens (including phenoxy) is 3. The van der Waals surface area contributed by atoms with Crippen molar-refractivity contribution in [3.8, 4) is 0 Å². The highest BCUT2D eigenvalue weighted by Gasteiger charge is 2.23. The average molecular weight is 173 g/mol. The molecule has 2 fully saturated rings. The van der Waals surface area contributed by atoms with Crippen LogP contribution in [0.1, 0.15) is 19.3 Å². The number of nitrogens with zero attached hydrogens (tertiary/aromatic N) is 1. The predicted octanol–water partition coefficient (Wildman–Crippen LogP) is 0.734. The van der Waals surface area contributed by atoms with E-state index in [9.17, 15) is 0 Å². The highest BCUT2D eigenvalue weighted by Crippen LogP contribution is 2.15. The third-order valence-corrected chi connectivity index (χ3v) is 2.28. The molecule has 0 bridgehead atoms. The van der Waals surface area contributed by atoms with Crippen molar-refractivity contribution in [3.63, 3.8) is 0 Å². The minimum absolute atomic E-state index is 0.154. The monoisotopic (exact) mass is 173 g/mol. The molecule has 2 aliphatic heterocycles. The molecule has 0 amide bonds. The van der Waals surface area contributed by atoms with Crippen molar-refractivity contribution < 1.29 is 14.2 Å². The van der Waals surface area contributed by atoms with Crippen molar-refractivity contribution in [2.24, 2.45) is 0 Å². The van der Waals surface area contributed by atoms with E-state index in [-0.39, 0.29) is 6.41 Å². The Balaban J connectivity index is 1.80. The van der Waals surface area contributed by atoms with Gasteiger partial charge in [-0.15, -0.1) is 0 Å². The molecule has 2 aliphatic rings. The molecule has 0 aliphatic carbocycles. The van der Waals surface area contributed by atoms with Crippen LogP contribution in [0, 0.1) is 0 Å². The van der Waals surface area contributed by atoms with Crippen molar-refractivity contribution in [2.75, 3.05) is 26.7 Å². The predicted molar refractivity (Wildman–Crippen MR) is 42.2 cm³/mol. The van der Waals surface area contributed by atoms with Gasteiger partial charge >= 0.3 is 0 Å². The van der Waals surface area contributed by atoms with E-state index in [0.717, 1.165) is 13.1 Å². The van der Waals surface area contributed by atoms with Gasteiger partial charge in [-0.2, -0.15) is 0 Å². The maximum absolute atomic E-state index is 5.30. The lowest BCUT2D eigenvalue weighted by Gasteiger charge is -2.35. The normalized spacial score (nSPS) is 29.0. The average Bonchev–Trinajstić information content (AvgIpc) is 2.21. The molecule has 0 aromatic rings. The van der Waals surface area contributed by atoms with Gasteiger partial charge in [-0.05, 0) is 12.8 Å². The minimum atomic E-state index is -0.154. The summed E-state index contributed by atoms with van der Waals surface area (Å²) in [6.07, 6.45) is 3.69. The van der Waals surface area contributed by atoms with Crippen LogP contribution in [0.3, 0.4) is 0 Å². The molecule has 4 nitrogen and oxygen atoms in total. The fourth-order valence-corrected chi connectivity index (χ4v) is 1.63. The van der Waals surface area contributed by atoms with E-state index < -0.39 is 0 Å². The number of likely N-dealkylation sites (tertiary alicyclic amines) is 1. The summed E-state index contributed by atoms with van der Waals surface area (Å²) in [5, 5.41) is 0. The zero-order valence-electron chi connectivity index (χ0n) is 7.20. The van der Waals surface area contributed by atoms with Gasteiger partial charge in [0.15, 0.2) is 13.6 Å². The standard InChI is InChI=1S/C8H15NO3/c1-2-4-9(5-3-1)8-11-6-10-7-12-8/h8H,1-7H2. The van der Waals surface area contributed by atoms with Gasteiger partial charge in [0.25, 0.3) is 0 Å². The van der Waals surface area contributed by atoms with Crippen molar-refractivity contribution in [3.05, 3.63) is 0 Å². The molecule has 0 atom stereocenters. The lowest BCUT2D eigenvalue weighted by molar-refractivity contribution is -0.344. The van der Waals surface area contributed by atoms with E-state index in [2.05, 4.69) is 4.90 Å². The van der Waals surface area contributed by atoms with E-state index in [4.69, 9.17) is 14.2 Å². The minimum Gasteiger partial charge on any atom is -0.329 e. The van der Waals surface area contributed by atoms with Crippen LogP contribution < -0.4 is 0 Å². The zero-order valence-corrected chi connectivity index (χ0v) is 7.20. The Kier molecular flexibility index (Phi) is 2.94. The molecule has 2 rings (SSSR count). The summed E-state index contributed by atoms with van der Waals surface area (Å²) in [5.74, 6) is 0. The number of piperidine rings is 1. The Morgan fingerprint density at radius 3 is 2.25 bits per heavy atom. The first-order valence-electron chi connectivity index (χ1n) is 4.52. The molecule has 0 spiro atoms. The van der Waals surface area contributed by atoms with E-state index >= 15 is 0 Å². The molecule has 70 valence electrons. The summed E-state index contributed by atoms with van der Waals surface area (Å²) < 4.78 is 15.5. The van der Waals surface area contributed by atoms with Gasteiger partial charge in [0.1, 0.15) is 0 Å². The maximum atomic E-state index is 5.30. The van der Waals surface area contributed by atoms with Crippen LogP contribution in [0.4, 0.5) is 0 Å². The third kappa shape index (κ3) is 1.95. The van der Waals surface area contributed by atoms with Gasteiger partial charge in [-0.3, -0.25) is 4.90 Å². The lowest BCUT2D eigenvalue weighted by atomic mass is 10.1. The second-order valence-electron chi connectivity index (χ2n) is 3.18. The van der Waals surface area contributed by atoms with Crippen molar-refractivity contribution >= 4 is 0 Å². The van der Waals surface area contributed by atoms with E-state index in [1.54, 1.807) is 0 Å². The largest absolute Gasteiger partial charge is 0.329 e. The smallest absolute Gasteiger partial charge is 0.222 e. The van der Waals surface area contributed by atoms with Crippen molar-refractivity contribution in [1.29, 1.82) is 0 Å². The molecule has 0 aromatic carbocycles. The summed E-state index contributed by atoms with van der Waals surface area (Å²) >= 11 is 0. The first-order chi connectivity index (χ1) is 5.97. The molecule has 0 radical (unpaired) electrons. The molecule has 0 unspecified atom stereocenters. The number of hydrogen-bond acceptors (Lipinski definition) is 4. The molecule has 0 saturated carbocycles. The second kappa shape index (κ2) is 4.18. The van der Waals surface area contributed by atoms with Gasteiger partial charge in [0.2, 0.25) is 6.41 Å². The molecule has 0 aromatic heterocycles. The molecule has 12 heavy (non-hydrogen) atoms. The third-order valence-electron chi connectivity index (χ3n) is 2.28. The first kappa shape index (κ1) is 8.44. The SMILES string of the molecule is C1CCN(C2OCOCO2)CC1. The van der Waals surface area contributed by atoms with Gasteiger partial charge in [-0.25, -0.2) is 0 Å². The van der Waals surface area contributed by atoms with Gasteiger partial charge in [0, 0.05) is 13.1 Å². The van der Waals surface area contributed by atoms with Crippen LogP contribution in [0.2, 0.25) is 0 Å². The molecule has 4 heteroatoms. The van der Waals surface area contributed by atoms with E-state index in [1.165, 1.54) is 19.3 Å². The highest BCUT2D eigenvalue weighted by atomic mass is 16.9. The van der Waals surface area contributed by atoms with Crippen molar-refractivity contribution in [1.82, 2.24) is 4.90 Å². The fourth-order valence-electron chi connectivity index (χ4n) is 1.63. The quantitative estimate of drug-likeness (QED) is 0.585. The van der Waals surface area contributed by atoms with Crippen molar-refractivity contribution in [2.45, 2.75) is 25.7 Å².